The summed E-state index contributed by atoms with van der Waals surface area (Å²) in [7, 11) is 0. The quantitative estimate of drug-likeness (QED) is 0.799. The van der Waals surface area contributed by atoms with Crippen LogP contribution in [0.5, 0.6) is 0 Å². The SMILES string of the molecule is CCNCc1ccc(N2CCCC2CCCO)cc1Br. The minimum Gasteiger partial charge on any atom is -0.396 e. The van der Waals surface area contributed by atoms with Crippen molar-refractivity contribution in [3.05, 3.63) is 28.2 Å². The first-order valence-electron chi connectivity index (χ1n) is 7.63. The lowest BCUT2D eigenvalue weighted by Crippen LogP contribution is -2.29. The molecule has 2 rings (SSSR count). The third-order valence-corrected chi connectivity index (χ3v) is 4.74. The molecule has 1 saturated heterocycles. The molecule has 112 valence electrons. The number of hydrogen-bond donors (Lipinski definition) is 2. The van der Waals surface area contributed by atoms with Crippen LogP contribution in [0.15, 0.2) is 22.7 Å². The number of aliphatic hydroxyl groups is 1. The summed E-state index contributed by atoms with van der Waals surface area (Å²) in [5.41, 5.74) is 2.61. The van der Waals surface area contributed by atoms with Gasteiger partial charge in [-0.1, -0.05) is 28.9 Å². The highest BCUT2D eigenvalue weighted by molar-refractivity contribution is 9.10. The standard InChI is InChI=1S/C16H25BrN2O/c1-2-18-12-13-7-8-15(11-16(13)17)19-9-3-5-14(19)6-4-10-20/h7-8,11,14,18,20H,2-6,9-10,12H2,1H3. The Morgan fingerprint density at radius 1 is 1.45 bits per heavy atom. The number of halogens is 1. The lowest BCUT2D eigenvalue weighted by molar-refractivity contribution is 0.279. The highest BCUT2D eigenvalue weighted by Crippen LogP contribution is 2.31. The fourth-order valence-corrected chi connectivity index (χ4v) is 3.43. The minimum atomic E-state index is 0.301. The molecule has 3 nitrogen and oxygen atoms in total. The Labute approximate surface area is 130 Å². The van der Waals surface area contributed by atoms with Crippen molar-refractivity contribution >= 4 is 21.6 Å². The molecule has 4 heteroatoms. The van der Waals surface area contributed by atoms with Gasteiger partial charge in [0, 0.05) is 35.9 Å². The van der Waals surface area contributed by atoms with Gasteiger partial charge in [0.05, 0.1) is 0 Å². The second-order valence-electron chi connectivity index (χ2n) is 5.41. The van der Waals surface area contributed by atoms with E-state index in [1.165, 1.54) is 28.6 Å². The third-order valence-electron chi connectivity index (χ3n) is 4.01. The summed E-state index contributed by atoms with van der Waals surface area (Å²) in [6.07, 6.45) is 4.50. The van der Waals surface area contributed by atoms with E-state index in [4.69, 9.17) is 5.11 Å². The molecular formula is C16H25BrN2O. The average molecular weight is 341 g/mol. The molecule has 1 fully saturated rings. The molecule has 0 amide bonds. The molecule has 0 saturated carbocycles. The van der Waals surface area contributed by atoms with E-state index in [1.807, 2.05) is 0 Å². The second-order valence-corrected chi connectivity index (χ2v) is 6.27. The Morgan fingerprint density at radius 3 is 3.00 bits per heavy atom. The van der Waals surface area contributed by atoms with Crippen LogP contribution >= 0.6 is 15.9 Å². The van der Waals surface area contributed by atoms with Crippen molar-refractivity contribution in [1.29, 1.82) is 0 Å². The number of nitrogens with zero attached hydrogens (tertiary/aromatic N) is 1. The van der Waals surface area contributed by atoms with Gasteiger partial charge in [-0.05, 0) is 49.9 Å². The highest BCUT2D eigenvalue weighted by atomic mass is 79.9. The van der Waals surface area contributed by atoms with Crippen LogP contribution in [0.4, 0.5) is 5.69 Å². The fraction of sp³-hybridized carbons (Fsp3) is 0.625. The molecule has 0 spiro atoms. The molecule has 2 N–H and O–H groups in total. The minimum absolute atomic E-state index is 0.301. The number of nitrogens with one attached hydrogen (secondary N) is 1. The molecule has 1 aromatic carbocycles. The van der Waals surface area contributed by atoms with Gasteiger partial charge in [0.1, 0.15) is 0 Å². The Balaban J connectivity index is 2.06. The van der Waals surface area contributed by atoms with Gasteiger partial charge in [-0.15, -0.1) is 0 Å². The van der Waals surface area contributed by atoms with Gasteiger partial charge in [0.2, 0.25) is 0 Å². The van der Waals surface area contributed by atoms with Crippen molar-refractivity contribution in [2.24, 2.45) is 0 Å². The van der Waals surface area contributed by atoms with Crippen molar-refractivity contribution in [1.82, 2.24) is 5.32 Å². The van der Waals surface area contributed by atoms with E-state index in [0.717, 1.165) is 32.5 Å². The van der Waals surface area contributed by atoms with Gasteiger partial charge in [-0.2, -0.15) is 0 Å². The van der Waals surface area contributed by atoms with Crippen molar-refractivity contribution in [3.63, 3.8) is 0 Å². The van der Waals surface area contributed by atoms with Crippen LogP contribution in [-0.4, -0.2) is 30.8 Å². The topological polar surface area (TPSA) is 35.5 Å². The summed E-state index contributed by atoms with van der Waals surface area (Å²) < 4.78 is 1.18. The summed E-state index contributed by atoms with van der Waals surface area (Å²) in [5, 5.41) is 12.4. The van der Waals surface area contributed by atoms with Gasteiger partial charge in [-0.25, -0.2) is 0 Å². The zero-order valence-electron chi connectivity index (χ0n) is 12.2. The fourth-order valence-electron chi connectivity index (χ4n) is 2.92. The number of rotatable bonds is 7. The number of aliphatic hydroxyl groups excluding tert-OH is 1. The Bertz CT molecular complexity index is 425. The molecule has 20 heavy (non-hydrogen) atoms. The molecule has 0 bridgehead atoms. The predicted molar refractivity (Wildman–Crippen MR) is 88.2 cm³/mol. The Hall–Kier alpha value is -0.580. The number of anilines is 1. The largest absolute Gasteiger partial charge is 0.396 e. The van der Waals surface area contributed by atoms with Crippen LogP contribution in [0.3, 0.4) is 0 Å². The normalized spacial score (nSPS) is 18.8. The molecule has 1 heterocycles. The van der Waals surface area contributed by atoms with Crippen LogP contribution in [-0.2, 0) is 6.54 Å². The van der Waals surface area contributed by atoms with E-state index < -0.39 is 0 Å². The molecule has 0 aromatic heterocycles. The molecule has 1 unspecified atom stereocenters. The smallest absolute Gasteiger partial charge is 0.0431 e. The highest BCUT2D eigenvalue weighted by Gasteiger charge is 2.24. The van der Waals surface area contributed by atoms with Crippen molar-refractivity contribution in [2.45, 2.75) is 45.2 Å². The zero-order valence-corrected chi connectivity index (χ0v) is 13.8. The molecule has 0 radical (unpaired) electrons. The van der Waals surface area contributed by atoms with Crippen LogP contribution < -0.4 is 10.2 Å². The first kappa shape index (κ1) is 15.8. The molecule has 1 aromatic rings. The molecule has 1 aliphatic rings. The summed E-state index contributed by atoms with van der Waals surface area (Å²) in [4.78, 5) is 2.50. The maximum atomic E-state index is 9.01. The van der Waals surface area contributed by atoms with Crippen LogP contribution in [0.2, 0.25) is 0 Å². The average Bonchev–Trinajstić information content (AvgIpc) is 2.92. The number of benzene rings is 1. The lowest BCUT2D eigenvalue weighted by atomic mass is 10.1. The van der Waals surface area contributed by atoms with E-state index in [9.17, 15) is 0 Å². The summed E-state index contributed by atoms with van der Waals surface area (Å²) in [6, 6.07) is 7.27. The molecule has 1 aliphatic heterocycles. The van der Waals surface area contributed by atoms with Crippen molar-refractivity contribution in [3.8, 4) is 0 Å². The lowest BCUT2D eigenvalue weighted by Gasteiger charge is -2.27. The van der Waals surface area contributed by atoms with Gasteiger partial charge in [-0.3, -0.25) is 0 Å². The van der Waals surface area contributed by atoms with Gasteiger partial charge < -0.3 is 15.3 Å². The van der Waals surface area contributed by atoms with Crippen molar-refractivity contribution in [2.75, 3.05) is 24.6 Å². The number of hydrogen-bond acceptors (Lipinski definition) is 3. The van der Waals surface area contributed by atoms with Crippen LogP contribution in [0, 0.1) is 0 Å². The van der Waals surface area contributed by atoms with Crippen molar-refractivity contribution < 1.29 is 5.11 Å². The van der Waals surface area contributed by atoms with E-state index >= 15 is 0 Å². The van der Waals surface area contributed by atoms with E-state index in [1.54, 1.807) is 0 Å². The summed E-state index contributed by atoms with van der Waals surface area (Å²) in [6.45, 7) is 5.46. The maximum Gasteiger partial charge on any atom is 0.0431 e. The van der Waals surface area contributed by atoms with Crippen LogP contribution in [0.1, 0.15) is 38.2 Å². The van der Waals surface area contributed by atoms with Gasteiger partial charge in [0.25, 0.3) is 0 Å². The first-order chi connectivity index (χ1) is 9.76. The monoisotopic (exact) mass is 340 g/mol. The molecule has 0 aliphatic carbocycles. The Kier molecular flexibility index (Phi) is 6.33. The first-order valence-corrected chi connectivity index (χ1v) is 8.42. The van der Waals surface area contributed by atoms with E-state index in [0.29, 0.717) is 12.6 Å². The van der Waals surface area contributed by atoms with Crippen LogP contribution in [0.25, 0.3) is 0 Å². The zero-order chi connectivity index (χ0) is 14.4. The second kappa shape index (κ2) is 8.01. The van der Waals surface area contributed by atoms with Gasteiger partial charge in [0.15, 0.2) is 0 Å². The Morgan fingerprint density at radius 2 is 2.30 bits per heavy atom. The van der Waals surface area contributed by atoms with E-state index in [2.05, 4.69) is 51.3 Å². The predicted octanol–water partition coefficient (Wildman–Crippen LogP) is 3.30. The van der Waals surface area contributed by atoms with Gasteiger partial charge >= 0.3 is 0 Å². The van der Waals surface area contributed by atoms with E-state index in [-0.39, 0.29) is 0 Å². The summed E-state index contributed by atoms with van der Waals surface area (Å²) >= 11 is 3.69. The summed E-state index contributed by atoms with van der Waals surface area (Å²) in [5.74, 6) is 0. The molecule has 1 atom stereocenters. The maximum absolute atomic E-state index is 9.01. The third kappa shape index (κ3) is 3.96. The molecular weight excluding hydrogens is 316 g/mol.